The Labute approximate surface area is 591 Å². The smallest absolute Gasteiger partial charge is 0.340 e. The largest absolute Gasteiger partial charge is 0.508 e. The van der Waals surface area contributed by atoms with Crippen molar-refractivity contribution in [3.8, 4) is 46.0 Å². The first-order chi connectivity index (χ1) is 50.0. The Morgan fingerprint density at radius 3 is 1.38 bits per heavy atom. The number of carbonyl (C=O) groups excluding carboxylic acids is 12. The number of hydrogen-bond donors (Lipinski definition) is 6. The molecule has 0 unspecified atom stereocenters. The number of amides is 7. The van der Waals surface area contributed by atoms with Gasteiger partial charge in [-0.1, -0.05) is 6.07 Å². The number of aromatic hydroxyl groups is 4. The maximum absolute atomic E-state index is 13.1. The van der Waals surface area contributed by atoms with E-state index in [0.29, 0.717) is 92.0 Å². The summed E-state index contributed by atoms with van der Waals surface area (Å²) in [6, 6.07) is 28.4. The zero-order valence-electron chi connectivity index (χ0n) is 55.6. The Kier molecular flexibility index (Phi) is 22.7. The number of rotatable bonds is 28. The molecule has 13 rings (SSSR count). The van der Waals surface area contributed by atoms with Crippen LogP contribution in [0.3, 0.4) is 0 Å². The van der Waals surface area contributed by atoms with Crippen LogP contribution in [0.1, 0.15) is 111 Å². The molecule has 0 aliphatic carbocycles. The number of nitrogens with zero attached hydrogens (tertiary/aromatic N) is 3. The standard InChI is InChI=1S/C36H33NO11.C20H13NO5.C18H23N3O9/c38-23(11-13-37-33(42)9-10-34(37)43)2-1-14-45-16-17-46-15-12-26(41)18-22-3-6-27-30(19-22)36(48-35(27)44)28-7-4-24(39)20-31(28)47-32-21-25(40)5-8-29(32)36;21-10-1-4-13-16(7-10)20(26-19(13)24)14-5-2-11(22)8-17(14)25-18-9-12(23)3-6-15(18)20;22-13(5-8-20-14(23)1-2-15(20)24)19-7-10-29-12-11-28-9-6-18(27)30-21-16(25)3-4-17(21)26/h3-10,19-21,39-40H,1-2,11-18H2;1-9,22-23H,21H2;1-2H,3-12H2,(H,19,22). The predicted molar refractivity (Wildman–Crippen MR) is 357 cm³/mol. The predicted octanol–water partition coefficient (Wildman–Crippen LogP) is 5.56. The summed E-state index contributed by atoms with van der Waals surface area (Å²) < 4.78 is 45.3. The molecule has 0 saturated carbocycles. The lowest BCUT2D eigenvalue weighted by molar-refractivity contribution is -0.198. The van der Waals surface area contributed by atoms with Gasteiger partial charge in [0.2, 0.25) is 5.91 Å². The number of Topliss-reactive ketones (excluding diaryl/α,β-unsaturated/α-hetero) is 2. The van der Waals surface area contributed by atoms with Crippen molar-refractivity contribution in [3.05, 3.63) is 184 Å². The number of carbonyl (C=O) groups is 12. The van der Waals surface area contributed by atoms with Crippen LogP contribution in [0.15, 0.2) is 133 Å². The molecular weight excluding hydrogens is 1360 g/mol. The Bertz CT molecular complexity index is 4370. The molecule has 104 heavy (non-hydrogen) atoms. The zero-order valence-corrected chi connectivity index (χ0v) is 55.6. The van der Waals surface area contributed by atoms with Gasteiger partial charge in [0.05, 0.1) is 63.8 Å². The number of ketones is 2. The molecule has 30 nitrogen and oxygen atoms in total. The maximum Gasteiger partial charge on any atom is 0.340 e. The minimum atomic E-state index is -1.40. The van der Waals surface area contributed by atoms with E-state index in [-0.39, 0.29) is 163 Å². The molecule has 0 atom stereocenters. The summed E-state index contributed by atoms with van der Waals surface area (Å²) in [6.07, 6.45) is 5.83. The fourth-order valence-corrected chi connectivity index (χ4v) is 12.3. The number of nitrogen functional groups attached to an aromatic ring is 1. The van der Waals surface area contributed by atoms with E-state index in [9.17, 15) is 78.0 Å². The molecule has 7 heterocycles. The highest BCUT2D eigenvalue weighted by atomic mass is 16.7. The number of nitrogens with two attached hydrogens (primary N) is 1. The first-order valence-electron chi connectivity index (χ1n) is 33.0. The molecule has 2 spiro atoms. The number of fused-ring (bicyclic) bond motifs is 12. The molecule has 0 bridgehead atoms. The number of imide groups is 3. The number of phenols is 4. The molecule has 7 N–H and O–H groups in total. The molecule has 540 valence electrons. The van der Waals surface area contributed by atoms with Crippen molar-refractivity contribution in [3.63, 3.8) is 0 Å². The van der Waals surface area contributed by atoms with Gasteiger partial charge in [-0.2, -0.15) is 0 Å². The fourth-order valence-electron chi connectivity index (χ4n) is 12.3. The molecular formula is C74H69N5O25. The third-order valence-electron chi connectivity index (χ3n) is 17.2. The Hall–Kier alpha value is -12.1. The number of hydroxylamine groups is 2. The Morgan fingerprint density at radius 1 is 0.452 bits per heavy atom. The highest BCUT2D eigenvalue weighted by Crippen LogP contribution is 2.59. The van der Waals surface area contributed by atoms with Gasteiger partial charge in [-0.25, -0.2) is 14.4 Å². The highest BCUT2D eigenvalue weighted by molar-refractivity contribution is 6.14. The van der Waals surface area contributed by atoms with E-state index in [0.717, 1.165) is 22.0 Å². The lowest BCUT2D eigenvalue weighted by Crippen LogP contribution is -2.35. The topological polar surface area (TPSA) is 417 Å². The van der Waals surface area contributed by atoms with Crippen molar-refractivity contribution < 1.29 is 121 Å². The summed E-state index contributed by atoms with van der Waals surface area (Å²) in [5.41, 5.74) is 8.53. The lowest BCUT2D eigenvalue weighted by Gasteiger charge is -2.36. The van der Waals surface area contributed by atoms with E-state index >= 15 is 0 Å². The summed E-state index contributed by atoms with van der Waals surface area (Å²) >= 11 is 0. The normalized spacial score (nSPS) is 15.6. The summed E-state index contributed by atoms with van der Waals surface area (Å²) in [5, 5.41) is 43.0. The van der Waals surface area contributed by atoms with Gasteiger partial charge in [-0.15, -0.1) is 5.06 Å². The summed E-state index contributed by atoms with van der Waals surface area (Å²) in [6.45, 7) is 2.20. The number of esters is 2. The van der Waals surface area contributed by atoms with Gasteiger partial charge in [0.25, 0.3) is 35.4 Å². The lowest BCUT2D eigenvalue weighted by atomic mass is 9.77. The molecule has 7 aliphatic rings. The molecule has 6 aromatic carbocycles. The van der Waals surface area contributed by atoms with E-state index in [1.54, 1.807) is 60.7 Å². The van der Waals surface area contributed by atoms with Crippen LogP contribution < -0.4 is 20.5 Å². The summed E-state index contributed by atoms with van der Waals surface area (Å²) in [4.78, 5) is 149. The van der Waals surface area contributed by atoms with E-state index in [4.69, 9.17) is 43.6 Å². The van der Waals surface area contributed by atoms with Crippen LogP contribution in [0.5, 0.6) is 46.0 Å². The molecule has 7 aliphatic heterocycles. The van der Waals surface area contributed by atoms with Crippen molar-refractivity contribution in [2.75, 3.05) is 78.2 Å². The van der Waals surface area contributed by atoms with E-state index in [2.05, 4.69) is 10.2 Å². The van der Waals surface area contributed by atoms with Crippen LogP contribution in [-0.2, 0) is 98.8 Å². The van der Waals surface area contributed by atoms with Gasteiger partial charge in [-0.05, 0) is 90.8 Å². The number of anilines is 1. The van der Waals surface area contributed by atoms with Crippen molar-refractivity contribution in [1.29, 1.82) is 0 Å². The number of benzene rings is 6. The molecule has 1 fully saturated rings. The van der Waals surface area contributed by atoms with Crippen LogP contribution in [-0.4, -0.2) is 179 Å². The maximum atomic E-state index is 13.1. The van der Waals surface area contributed by atoms with E-state index in [1.807, 2.05) is 0 Å². The monoisotopic (exact) mass is 1430 g/mol. The van der Waals surface area contributed by atoms with Gasteiger partial charge >= 0.3 is 17.9 Å². The summed E-state index contributed by atoms with van der Waals surface area (Å²) in [5.74, 6) is -3.76. The van der Waals surface area contributed by atoms with Crippen molar-refractivity contribution in [2.45, 2.75) is 69.0 Å². The fraction of sp³-hybridized carbons (Fsp3) is 0.297. The van der Waals surface area contributed by atoms with Gasteiger partial charge in [0, 0.05) is 159 Å². The van der Waals surface area contributed by atoms with Crippen LogP contribution in [0.25, 0.3) is 0 Å². The van der Waals surface area contributed by atoms with Gasteiger partial charge in [0.1, 0.15) is 57.6 Å². The first kappa shape index (κ1) is 73.1. The third-order valence-corrected chi connectivity index (χ3v) is 17.2. The SMILES string of the molecule is Nc1ccc2c(c1)C1(OC2=O)c2ccc(O)cc2Oc2cc(O)ccc21.O=C(CCCOCCOCCC(=O)Cc1ccc2c(c1)C1(OC2=O)c2ccc(O)cc2Oc2cc(O)ccc21)CCN1C(=O)C=CC1=O.O=C(CCN1C(=O)C=CC1=O)NCCOCCOCCC(=O)ON1C(=O)CCC1=O. The number of phenolic OH excluding ortho intramolecular Hbond substituents is 4. The Balaban J connectivity index is 0.000000166. The van der Waals surface area contributed by atoms with Crippen LogP contribution >= 0.6 is 0 Å². The second-order valence-electron chi connectivity index (χ2n) is 24.3. The van der Waals surface area contributed by atoms with E-state index in [1.165, 1.54) is 60.7 Å². The molecule has 0 aromatic heterocycles. The molecule has 1 saturated heterocycles. The average molecular weight is 1430 g/mol. The minimum Gasteiger partial charge on any atom is -0.508 e. The number of hydrogen-bond acceptors (Lipinski definition) is 26. The molecule has 30 heteroatoms. The molecule has 0 radical (unpaired) electrons. The molecule has 6 aromatic rings. The second kappa shape index (κ2) is 32.3. The number of ether oxygens (including phenoxy) is 8. The third kappa shape index (κ3) is 16.3. The van der Waals surface area contributed by atoms with Crippen LogP contribution in [0.2, 0.25) is 0 Å². The van der Waals surface area contributed by atoms with Crippen molar-refractivity contribution >= 4 is 76.5 Å². The Morgan fingerprint density at radius 2 is 0.885 bits per heavy atom. The average Bonchev–Trinajstić information content (AvgIpc) is 1.48. The van der Waals surface area contributed by atoms with Gasteiger partial charge in [-0.3, -0.25) is 53.0 Å². The first-order valence-corrected chi connectivity index (χ1v) is 33.0. The highest BCUT2D eigenvalue weighted by Gasteiger charge is 2.55. The summed E-state index contributed by atoms with van der Waals surface area (Å²) in [7, 11) is 0. The zero-order chi connectivity index (χ0) is 73.8. The van der Waals surface area contributed by atoms with Gasteiger partial charge in [0.15, 0.2) is 11.2 Å². The van der Waals surface area contributed by atoms with Crippen LogP contribution in [0.4, 0.5) is 5.69 Å². The molecule has 7 amide bonds. The number of nitrogens with one attached hydrogen (secondary N) is 1. The van der Waals surface area contributed by atoms with Crippen molar-refractivity contribution in [2.24, 2.45) is 0 Å². The minimum absolute atomic E-state index is 0.00694. The quantitative estimate of drug-likeness (QED) is 0.0151. The van der Waals surface area contributed by atoms with Crippen molar-refractivity contribution in [1.82, 2.24) is 20.2 Å². The van der Waals surface area contributed by atoms with Crippen LogP contribution in [0, 0.1) is 0 Å². The van der Waals surface area contributed by atoms with Gasteiger partial charge < -0.3 is 74.2 Å². The van der Waals surface area contributed by atoms with E-state index < -0.39 is 64.6 Å². The second-order valence-corrected chi connectivity index (χ2v) is 24.3.